The fourth-order valence-corrected chi connectivity index (χ4v) is 5.49. The zero-order valence-electron chi connectivity index (χ0n) is 22.4. The number of carbonyl (C=O) groups is 1. The van der Waals surface area contributed by atoms with Gasteiger partial charge in [0.05, 0.1) is 18.8 Å². The maximum atomic E-state index is 13.0. The van der Waals surface area contributed by atoms with Crippen molar-refractivity contribution in [3.8, 4) is 16.9 Å². The van der Waals surface area contributed by atoms with Crippen LogP contribution in [-0.2, 0) is 0 Å². The summed E-state index contributed by atoms with van der Waals surface area (Å²) < 4.78 is 6.14. The van der Waals surface area contributed by atoms with E-state index in [1.165, 1.54) is 0 Å². The molecule has 2 unspecified atom stereocenters. The normalized spacial score (nSPS) is 20.4. The maximum absolute atomic E-state index is 13.0. The highest BCUT2D eigenvalue weighted by Crippen LogP contribution is 2.33. The van der Waals surface area contributed by atoms with E-state index in [9.17, 15) is 15.0 Å². The number of unbranched alkanes of at least 4 members (excludes halogenated alkanes) is 1. The van der Waals surface area contributed by atoms with Gasteiger partial charge in [-0.05, 0) is 86.9 Å². The van der Waals surface area contributed by atoms with Crippen LogP contribution in [0, 0.1) is 13.8 Å². The molecule has 7 heteroatoms. The third-order valence-electron chi connectivity index (χ3n) is 7.71. The minimum atomic E-state index is -0.184. The highest BCUT2D eigenvalue weighted by atomic mass is 16.5. The number of aliphatic hydroxyl groups excluding tert-OH is 2. The Morgan fingerprint density at radius 2 is 1.51 bits per heavy atom. The van der Waals surface area contributed by atoms with Crippen LogP contribution >= 0.6 is 0 Å². The molecular formula is C30H43N3O4. The van der Waals surface area contributed by atoms with Crippen molar-refractivity contribution in [2.75, 3.05) is 52.4 Å². The van der Waals surface area contributed by atoms with Gasteiger partial charge in [-0.25, -0.2) is 0 Å². The number of aliphatic hydroxyl groups is 2. The molecule has 37 heavy (non-hydrogen) atoms. The number of likely N-dealkylation sites (tertiary alicyclic amines) is 2. The molecular weight excluding hydrogens is 466 g/mol. The van der Waals surface area contributed by atoms with E-state index in [0.29, 0.717) is 18.7 Å². The first-order chi connectivity index (χ1) is 17.9. The minimum absolute atomic E-state index is 0.0342. The predicted octanol–water partition coefficient (Wildman–Crippen LogP) is 3.38. The summed E-state index contributed by atoms with van der Waals surface area (Å²) in [6, 6.07) is 12.0. The Bertz CT molecular complexity index is 1040. The maximum Gasteiger partial charge on any atom is 0.251 e. The Kier molecular flexibility index (Phi) is 9.97. The van der Waals surface area contributed by atoms with E-state index in [4.69, 9.17) is 4.74 Å². The van der Waals surface area contributed by atoms with Crippen molar-refractivity contribution in [1.29, 1.82) is 0 Å². The van der Waals surface area contributed by atoms with Crippen LogP contribution < -0.4 is 10.1 Å². The summed E-state index contributed by atoms with van der Waals surface area (Å²) in [7, 11) is 0. The van der Waals surface area contributed by atoms with Crippen LogP contribution in [0.25, 0.3) is 11.1 Å². The molecule has 202 valence electrons. The minimum Gasteiger partial charge on any atom is -0.493 e. The van der Waals surface area contributed by atoms with Crippen molar-refractivity contribution in [2.24, 2.45) is 0 Å². The second-order valence-corrected chi connectivity index (χ2v) is 10.6. The average Bonchev–Trinajstić information content (AvgIpc) is 3.50. The fraction of sp³-hybridized carbons (Fsp3) is 0.567. The van der Waals surface area contributed by atoms with E-state index in [1.807, 2.05) is 31.2 Å². The van der Waals surface area contributed by atoms with Gasteiger partial charge in [0.15, 0.2) is 0 Å². The van der Waals surface area contributed by atoms with Crippen molar-refractivity contribution < 1.29 is 19.7 Å². The van der Waals surface area contributed by atoms with E-state index in [0.717, 1.165) is 99.4 Å². The topological polar surface area (TPSA) is 85.3 Å². The number of benzene rings is 2. The molecule has 7 nitrogen and oxygen atoms in total. The second kappa shape index (κ2) is 13.4. The Balaban J connectivity index is 1.30. The fourth-order valence-electron chi connectivity index (χ4n) is 5.49. The van der Waals surface area contributed by atoms with Crippen LogP contribution in [0.3, 0.4) is 0 Å². The van der Waals surface area contributed by atoms with E-state index >= 15 is 0 Å². The van der Waals surface area contributed by atoms with Crippen LogP contribution in [0.1, 0.15) is 53.6 Å². The number of amides is 1. The van der Waals surface area contributed by atoms with Gasteiger partial charge in [0, 0.05) is 44.8 Å². The number of β-amino-alcohol motifs (C(OH)–C–C–N with tert-alkyl or cyclic N) is 2. The van der Waals surface area contributed by atoms with E-state index in [-0.39, 0.29) is 18.1 Å². The summed E-state index contributed by atoms with van der Waals surface area (Å²) in [4.78, 5) is 17.5. The lowest BCUT2D eigenvalue weighted by atomic mass is 9.93. The highest BCUT2D eigenvalue weighted by molar-refractivity contribution is 5.97. The molecule has 0 aromatic heterocycles. The molecule has 0 aliphatic carbocycles. The molecule has 2 fully saturated rings. The molecule has 2 aromatic carbocycles. The van der Waals surface area contributed by atoms with Gasteiger partial charge in [-0.2, -0.15) is 0 Å². The van der Waals surface area contributed by atoms with E-state index < -0.39 is 0 Å². The number of ether oxygens (including phenoxy) is 1. The van der Waals surface area contributed by atoms with Gasteiger partial charge in [0.1, 0.15) is 5.75 Å². The largest absolute Gasteiger partial charge is 0.493 e. The van der Waals surface area contributed by atoms with Gasteiger partial charge in [-0.15, -0.1) is 0 Å². The summed E-state index contributed by atoms with van der Waals surface area (Å²) in [5, 5.41) is 22.4. The van der Waals surface area contributed by atoms with Crippen molar-refractivity contribution in [1.82, 2.24) is 15.1 Å². The molecule has 2 saturated heterocycles. The van der Waals surface area contributed by atoms with E-state index in [1.54, 1.807) is 0 Å². The predicted molar refractivity (Wildman–Crippen MR) is 147 cm³/mol. The lowest BCUT2D eigenvalue weighted by molar-refractivity contribution is 0.0952. The zero-order chi connectivity index (χ0) is 26.2. The Hall–Kier alpha value is -2.45. The molecule has 1 amide bonds. The standard InChI is InChI=1S/C30H43N3O4/c1-22-26(8-5-10-28(22)30(36)31-14-3-4-15-32-17-12-24(34)20-32)27-9-6-11-29(23(27)2)37-19-7-16-33-18-13-25(35)21-33/h5-6,8-11,24-25,34-35H,3-4,7,12-21H2,1-2H3,(H,31,36). The molecule has 0 bridgehead atoms. The van der Waals surface area contributed by atoms with Crippen molar-refractivity contribution in [3.63, 3.8) is 0 Å². The van der Waals surface area contributed by atoms with Gasteiger partial charge in [0.25, 0.3) is 5.91 Å². The van der Waals surface area contributed by atoms with Crippen LogP contribution in [0.2, 0.25) is 0 Å². The summed E-state index contributed by atoms with van der Waals surface area (Å²) >= 11 is 0. The average molecular weight is 510 g/mol. The zero-order valence-corrected chi connectivity index (χ0v) is 22.4. The highest BCUT2D eigenvalue weighted by Gasteiger charge is 2.20. The molecule has 3 N–H and O–H groups in total. The molecule has 2 aliphatic heterocycles. The van der Waals surface area contributed by atoms with Gasteiger partial charge in [-0.1, -0.05) is 24.3 Å². The molecule has 4 rings (SSSR count). The van der Waals surface area contributed by atoms with Crippen LogP contribution in [0.4, 0.5) is 0 Å². The van der Waals surface area contributed by atoms with Crippen LogP contribution in [0.15, 0.2) is 36.4 Å². The van der Waals surface area contributed by atoms with Crippen molar-refractivity contribution in [2.45, 2.75) is 58.2 Å². The SMILES string of the molecule is Cc1c(OCCCN2CCC(O)C2)cccc1-c1cccc(C(=O)NCCCCN2CCC(O)C2)c1C. The summed E-state index contributed by atoms with van der Waals surface area (Å²) in [6.07, 6.45) is 4.23. The first kappa shape index (κ1) is 27.6. The molecule has 2 aromatic rings. The molecule has 0 saturated carbocycles. The summed E-state index contributed by atoms with van der Waals surface area (Å²) in [6.45, 7) is 10.8. The molecule has 0 spiro atoms. The van der Waals surface area contributed by atoms with Crippen molar-refractivity contribution >= 4 is 5.91 Å². The summed E-state index contributed by atoms with van der Waals surface area (Å²) in [5.41, 5.74) is 4.89. The lowest BCUT2D eigenvalue weighted by Gasteiger charge is -2.18. The van der Waals surface area contributed by atoms with E-state index in [2.05, 4.69) is 34.2 Å². The first-order valence-corrected chi connectivity index (χ1v) is 13.8. The Labute approximate surface area is 221 Å². The number of rotatable bonds is 12. The Morgan fingerprint density at radius 1 is 0.892 bits per heavy atom. The summed E-state index contributed by atoms with van der Waals surface area (Å²) in [5.74, 6) is 0.840. The lowest BCUT2D eigenvalue weighted by Crippen LogP contribution is -2.27. The molecule has 2 heterocycles. The van der Waals surface area contributed by atoms with Crippen LogP contribution in [-0.4, -0.2) is 90.5 Å². The molecule has 0 radical (unpaired) electrons. The third-order valence-corrected chi connectivity index (χ3v) is 7.71. The number of hydrogen-bond acceptors (Lipinski definition) is 6. The van der Waals surface area contributed by atoms with Gasteiger partial charge in [0.2, 0.25) is 0 Å². The quantitative estimate of drug-likeness (QED) is 0.381. The number of hydrogen-bond donors (Lipinski definition) is 3. The van der Waals surface area contributed by atoms with Crippen LogP contribution in [0.5, 0.6) is 5.75 Å². The smallest absolute Gasteiger partial charge is 0.251 e. The van der Waals surface area contributed by atoms with Gasteiger partial charge >= 0.3 is 0 Å². The number of carbonyl (C=O) groups excluding carboxylic acids is 1. The molecule has 2 aliphatic rings. The van der Waals surface area contributed by atoms with Gasteiger partial charge < -0.3 is 30.1 Å². The first-order valence-electron chi connectivity index (χ1n) is 13.8. The Morgan fingerprint density at radius 3 is 2.16 bits per heavy atom. The molecule has 2 atom stereocenters. The number of nitrogens with zero attached hydrogens (tertiary/aromatic N) is 2. The van der Waals surface area contributed by atoms with Gasteiger partial charge in [-0.3, -0.25) is 4.79 Å². The number of nitrogens with one attached hydrogen (secondary N) is 1. The second-order valence-electron chi connectivity index (χ2n) is 10.6. The van der Waals surface area contributed by atoms with Crippen molar-refractivity contribution in [3.05, 3.63) is 53.1 Å². The third kappa shape index (κ3) is 7.54. The monoisotopic (exact) mass is 509 g/mol.